The maximum Gasteiger partial charge on any atom is 0.251 e. The van der Waals surface area contributed by atoms with Crippen molar-refractivity contribution in [1.82, 2.24) is 10.6 Å². The van der Waals surface area contributed by atoms with Crippen LogP contribution in [0, 0.1) is 17.3 Å². The summed E-state index contributed by atoms with van der Waals surface area (Å²) in [6, 6.07) is 3.95. The Balaban J connectivity index is 3.06. The third-order valence-corrected chi connectivity index (χ3v) is 2.60. The standard InChI is InChI=1S/C11H11FN4OS/c1-14-10(17)7-3-4-9(8(12)5-7)16-11(18-2)15-6-13/h3-5H,1-2H3,(H,14,17)(H,15,16). The van der Waals surface area contributed by atoms with E-state index < -0.39 is 5.82 Å². The minimum Gasteiger partial charge on any atom is -0.355 e. The molecule has 0 aliphatic carbocycles. The van der Waals surface area contributed by atoms with E-state index in [2.05, 4.69) is 15.6 Å². The highest BCUT2D eigenvalue weighted by Gasteiger charge is 2.08. The number of benzene rings is 1. The molecule has 0 aromatic heterocycles. The Bertz CT molecular complexity index is 524. The van der Waals surface area contributed by atoms with E-state index in [1.807, 2.05) is 0 Å². The van der Waals surface area contributed by atoms with E-state index in [9.17, 15) is 9.18 Å². The number of nitrogens with one attached hydrogen (secondary N) is 2. The van der Waals surface area contributed by atoms with Crippen molar-refractivity contribution in [3.05, 3.63) is 29.6 Å². The van der Waals surface area contributed by atoms with Gasteiger partial charge in [-0.15, -0.1) is 0 Å². The smallest absolute Gasteiger partial charge is 0.251 e. The molecular weight excluding hydrogens is 255 g/mol. The van der Waals surface area contributed by atoms with Gasteiger partial charge in [0.2, 0.25) is 0 Å². The van der Waals surface area contributed by atoms with Gasteiger partial charge in [-0.1, -0.05) is 11.8 Å². The summed E-state index contributed by atoms with van der Waals surface area (Å²) in [6.45, 7) is 0. The molecule has 0 radical (unpaired) electrons. The second-order valence-corrected chi connectivity index (χ2v) is 3.90. The molecule has 0 unspecified atom stereocenters. The number of halogens is 1. The van der Waals surface area contributed by atoms with Crippen molar-refractivity contribution in [3.63, 3.8) is 0 Å². The number of hydrogen-bond donors (Lipinski definition) is 2. The quantitative estimate of drug-likeness (QED) is 0.369. The third-order valence-electron chi connectivity index (χ3n) is 2.02. The Morgan fingerprint density at radius 3 is 2.78 bits per heavy atom. The summed E-state index contributed by atoms with van der Waals surface area (Å²) in [5.74, 6) is -0.993. The van der Waals surface area contributed by atoms with Crippen LogP contribution in [0.2, 0.25) is 0 Å². The fraction of sp³-hybridized carbons (Fsp3) is 0.182. The number of nitriles is 1. The minimum absolute atomic E-state index is 0.0646. The van der Waals surface area contributed by atoms with Gasteiger partial charge in [-0.05, 0) is 24.5 Å². The lowest BCUT2D eigenvalue weighted by atomic mass is 10.2. The minimum atomic E-state index is -0.623. The Morgan fingerprint density at radius 2 is 2.28 bits per heavy atom. The largest absolute Gasteiger partial charge is 0.355 e. The van der Waals surface area contributed by atoms with Crippen LogP contribution < -0.4 is 10.6 Å². The van der Waals surface area contributed by atoms with E-state index in [0.717, 1.165) is 6.07 Å². The first-order valence-corrected chi connectivity index (χ1v) is 6.14. The van der Waals surface area contributed by atoms with E-state index in [-0.39, 0.29) is 22.3 Å². The van der Waals surface area contributed by atoms with Crippen molar-refractivity contribution in [2.24, 2.45) is 4.99 Å². The Morgan fingerprint density at radius 1 is 1.56 bits per heavy atom. The van der Waals surface area contributed by atoms with Crippen LogP contribution >= 0.6 is 11.8 Å². The van der Waals surface area contributed by atoms with Crippen molar-refractivity contribution in [2.45, 2.75) is 0 Å². The second kappa shape index (κ2) is 6.61. The molecule has 1 amide bonds. The number of nitrogens with zero attached hydrogens (tertiary/aromatic N) is 2. The zero-order chi connectivity index (χ0) is 13.5. The third kappa shape index (κ3) is 3.46. The van der Waals surface area contributed by atoms with Crippen LogP contribution in [0.1, 0.15) is 10.4 Å². The van der Waals surface area contributed by atoms with Crippen LogP contribution in [0.4, 0.5) is 10.1 Å². The molecule has 0 aliphatic heterocycles. The zero-order valence-electron chi connectivity index (χ0n) is 9.82. The first kappa shape index (κ1) is 14.0. The fourth-order valence-electron chi connectivity index (χ4n) is 1.16. The molecule has 0 saturated carbocycles. The van der Waals surface area contributed by atoms with Gasteiger partial charge in [0.25, 0.3) is 5.91 Å². The van der Waals surface area contributed by atoms with E-state index in [0.29, 0.717) is 0 Å². The molecule has 1 aromatic rings. The van der Waals surface area contributed by atoms with E-state index in [4.69, 9.17) is 5.26 Å². The van der Waals surface area contributed by atoms with Crippen molar-refractivity contribution in [3.8, 4) is 6.19 Å². The average molecular weight is 266 g/mol. The lowest BCUT2D eigenvalue weighted by Crippen LogP contribution is -2.17. The first-order chi connectivity index (χ1) is 8.62. The average Bonchev–Trinajstić information content (AvgIpc) is 2.39. The van der Waals surface area contributed by atoms with Gasteiger partial charge in [0.15, 0.2) is 11.4 Å². The molecule has 0 atom stereocenters. The number of carbonyl (C=O) groups is 1. The van der Waals surface area contributed by atoms with Gasteiger partial charge in [0.1, 0.15) is 11.5 Å². The first-order valence-electron chi connectivity index (χ1n) is 4.91. The van der Waals surface area contributed by atoms with Crippen LogP contribution in [-0.2, 0) is 0 Å². The number of amides is 1. The molecule has 0 aliphatic rings. The van der Waals surface area contributed by atoms with Gasteiger partial charge in [-0.2, -0.15) is 5.26 Å². The summed E-state index contributed by atoms with van der Waals surface area (Å²) in [4.78, 5) is 15.2. The van der Waals surface area contributed by atoms with Crippen molar-refractivity contribution >= 4 is 28.5 Å². The molecule has 0 heterocycles. The molecule has 0 bridgehead atoms. The van der Waals surface area contributed by atoms with Crippen molar-refractivity contribution in [1.29, 1.82) is 5.26 Å². The normalized spacial score (nSPS) is 10.7. The number of amidine groups is 1. The lowest BCUT2D eigenvalue weighted by molar-refractivity contribution is 0.0962. The molecule has 18 heavy (non-hydrogen) atoms. The van der Waals surface area contributed by atoms with Crippen LogP contribution in [-0.4, -0.2) is 24.4 Å². The molecule has 0 fully saturated rings. The molecule has 0 spiro atoms. The van der Waals surface area contributed by atoms with E-state index in [1.54, 1.807) is 12.4 Å². The van der Waals surface area contributed by atoms with Crippen molar-refractivity contribution in [2.75, 3.05) is 13.3 Å². The van der Waals surface area contributed by atoms with Crippen LogP contribution in [0.5, 0.6) is 0 Å². The van der Waals surface area contributed by atoms with Gasteiger partial charge in [0.05, 0.1) is 0 Å². The van der Waals surface area contributed by atoms with Gasteiger partial charge < -0.3 is 5.32 Å². The maximum absolute atomic E-state index is 13.7. The van der Waals surface area contributed by atoms with E-state index in [1.165, 1.54) is 30.9 Å². The molecule has 0 saturated heterocycles. The number of rotatable bonds is 2. The van der Waals surface area contributed by atoms with Crippen molar-refractivity contribution < 1.29 is 9.18 Å². The summed E-state index contributed by atoms with van der Waals surface area (Å²) in [6.07, 6.45) is 3.42. The summed E-state index contributed by atoms with van der Waals surface area (Å²) in [5.41, 5.74) is 0.280. The summed E-state index contributed by atoms with van der Waals surface area (Å²) >= 11 is 1.18. The number of aliphatic imine (C=N–C) groups is 1. The monoisotopic (exact) mass is 266 g/mol. The highest BCUT2D eigenvalue weighted by Crippen LogP contribution is 2.20. The molecular formula is C11H11FN4OS. The topological polar surface area (TPSA) is 77.3 Å². The van der Waals surface area contributed by atoms with Gasteiger partial charge >= 0.3 is 0 Å². The molecule has 5 nitrogen and oxygen atoms in total. The molecule has 1 aromatic carbocycles. The molecule has 7 heteroatoms. The van der Waals surface area contributed by atoms with Gasteiger partial charge in [0, 0.05) is 12.6 Å². The van der Waals surface area contributed by atoms with Gasteiger partial charge in [-0.25, -0.2) is 9.38 Å². The van der Waals surface area contributed by atoms with Crippen LogP contribution in [0.15, 0.2) is 23.2 Å². The highest BCUT2D eigenvalue weighted by molar-refractivity contribution is 8.13. The summed E-state index contributed by atoms with van der Waals surface area (Å²) in [5, 5.41) is 13.5. The zero-order valence-corrected chi connectivity index (χ0v) is 10.6. The van der Waals surface area contributed by atoms with Gasteiger partial charge in [-0.3, -0.25) is 10.1 Å². The second-order valence-electron chi connectivity index (χ2n) is 3.10. The van der Waals surface area contributed by atoms with E-state index >= 15 is 0 Å². The SMILES string of the molecule is CNC(=O)c1ccc(N=C(NC#N)SC)c(F)c1. The Labute approximate surface area is 108 Å². The highest BCUT2D eigenvalue weighted by atomic mass is 32.2. The fourth-order valence-corrected chi connectivity index (χ4v) is 1.50. The number of thioether (sulfide) groups is 1. The molecule has 2 N–H and O–H groups in total. The summed E-state index contributed by atoms with van der Waals surface area (Å²) in [7, 11) is 1.47. The lowest BCUT2D eigenvalue weighted by Gasteiger charge is -2.03. The maximum atomic E-state index is 13.7. The Kier molecular flexibility index (Phi) is 5.14. The van der Waals surface area contributed by atoms with Crippen LogP contribution in [0.3, 0.4) is 0 Å². The molecule has 1 rings (SSSR count). The summed E-state index contributed by atoms with van der Waals surface area (Å²) < 4.78 is 13.7. The number of hydrogen-bond acceptors (Lipinski definition) is 4. The van der Waals surface area contributed by atoms with Crippen LogP contribution in [0.25, 0.3) is 0 Å². The Hall–Kier alpha value is -2.07. The number of carbonyl (C=O) groups excluding carboxylic acids is 1. The predicted molar refractivity (Wildman–Crippen MR) is 69.1 cm³/mol. The predicted octanol–water partition coefficient (Wildman–Crippen LogP) is 1.61. The molecule has 94 valence electrons.